The number of thiol groups is 1. The van der Waals surface area contributed by atoms with Crippen molar-refractivity contribution in [1.82, 2.24) is 4.90 Å². The molecule has 92 valence electrons. The second kappa shape index (κ2) is 6.78. The first-order valence-corrected chi connectivity index (χ1v) is 6.37. The number of likely N-dealkylation sites (tertiary alicyclic amines) is 1. The van der Waals surface area contributed by atoms with E-state index in [2.05, 4.69) is 12.6 Å². The molecular formula is C11H19NO3S. The van der Waals surface area contributed by atoms with Crippen molar-refractivity contribution in [1.29, 1.82) is 0 Å². The number of amides is 1. The molecule has 0 atom stereocenters. The molecule has 0 unspecified atom stereocenters. The predicted octanol–water partition coefficient (Wildman–Crippen LogP) is 1.11. The summed E-state index contributed by atoms with van der Waals surface area (Å²) in [5, 5.41) is 0. The van der Waals surface area contributed by atoms with Crippen LogP contribution < -0.4 is 0 Å². The fraction of sp³-hybridized carbons (Fsp3) is 0.818. The van der Waals surface area contributed by atoms with E-state index >= 15 is 0 Å². The Bertz CT molecular complexity index is 224. The highest BCUT2D eigenvalue weighted by Gasteiger charge is 2.27. The van der Waals surface area contributed by atoms with Gasteiger partial charge in [-0.1, -0.05) is 0 Å². The van der Waals surface area contributed by atoms with E-state index in [0.717, 1.165) is 12.8 Å². The average Bonchev–Trinajstić information content (AvgIpc) is 2.30. The van der Waals surface area contributed by atoms with Gasteiger partial charge in [0.2, 0.25) is 5.91 Å². The van der Waals surface area contributed by atoms with Crippen LogP contribution in [0.3, 0.4) is 0 Å². The molecule has 0 aromatic carbocycles. The molecule has 0 aromatic rings. The highest BCUT2D eigenvalue weighted by molar-refractivity contribution is 7.80. The minimum absolute atomic E-state index is 0.0278. The molecule has 0 radical (unpaired) electrons. The number of piperidine rings is 1. The summed E-state index contributed by atoms with van der Waals surface area (Å²) in [5.41, 5.74) is 0. The Hall–Kier alpha value is -0.710. The van der Waals surface area contributed by atoms with Crippen LogP contribution in [0.1, 0.15) is 26.2 Å². The van der Waals surface area contributed by atoms with Crippen molar-refractivity contribution < 1.29 is 14.3 Å². The van der Waals surface area contributed by atoms with E-state index in [0.29, 0.717) is 31.9 Å². The first-order valence-electron chi connectivity index (χ1n) is 5.74. The van der Waals surface area contributed by atoms with Gasteiger partial charge in [0.25, 0.3) is 0 Å². The molecule has 0 aliphatic carbocycles. The molecule has 1 rings (SSSR count). The van der Waals surface area contributed by atoms with E-state index in [1.165, 1.54) is 0 Å². The second-order valence-corrected chi connectivity index (χ2v) is 4.33. The maximum atomic E-state index is 11.6. The Kier molecular flexibility index (Phi) is 5.66. The molecular weight excluding hydrogens is 226 g/mol. The van der Waals surface area contributed by atoms with Crippen LogP contribution in [0.25, 0.3) is 0 Å². The van der Waals surface area contributed by atoms with E-state index in [1.54, 1.807) is 0 Å². The number of esters is 1. The van der Waals surface area contributed by atoms with Crippen molar-refractivity contribution in [2.75, 3.05) is 25.4 Å². The number of ether oxygens (including phenoxy) is 1. The van der Waals surface area contributed by atoms with Crippen molar-refractivity contribution in [3.05, 3.63) is 0 Å². The van der Waals surface area contributed by atoms with E-state index in [9.17, 15) is 9.59 Å². The Morgan fingerprint density at radius 1 is 1.38 bits per heavy atom. The summed E-state index contributed by atoms with van der Waals surface area (Å²) >= 11 is 4.04. The molecule has 1 heterocycles. The second-order valence-electron chi connectivity index (χ2n) is 3.88. The Balaban J connectivity index is 2.33. The largest absolute Gasteiger partial charge is 0.466 e. The zero-order valence-electron chi connectivity index (χ0n) is 9.65. The third-order valence-corrected chi connectivity index (χ3v) is 3.02. The summed E-state index contributed by atoms with van der Waals surface area (Å²) < 4.78 is 4.97. The van der Waals surface area contributed by atoms with Crippen molar-refractivity contribution in [2.45, 2.75) is 26.2 Å². The first kappa shape index (κ1) is 13.4. The summed E-state index contributed by atoms with van der Waals surface area (Å²) in [5.74, 6) is 0.567. The SMILES string of the molecule is CCOC(=O)C1CCN(C(=O)CCS)CC1. The van der Waals surface area contributed by atoms with Crippen LogP contribution >= 0.6 is 12.6 Å². The summed E-state index contributed by atoms with van der Waals surface area (Å²) in [6.45, 7) is 3.56. The molecule has 1 saturated heterocycles. The van der Waals surface area contributed by atoms with Gasteiger partial charge in [0.15, 0.2) is 0 Å². The van der Waals surface area contributed by atoms with Crippen LogP contribution in [0.5, 0.6) is 0 Å². The molecule has 1 fully saturated rings. The van der Waals surface area contributed by atoms with Crippen LogP contribution in [0.15, 0.2) is 0 Å². The molecule has 0 saturated carbocycles. The number of rotatable bonds is 4. The van der Waals surface area contributed by atoms with Crippen LogP contribution in [-0.2, 0) is 14.3 Å². The average molecular weight is 245 g/mol. The van der Waals surface area contributed by atoms with Crippen LogP contribution in [0.2, 0.25) is 0 Å². The quantitative estimate of drug-likeness (QED) is 0.596. The summed E-state index contributed by atoms with van der Waals surface area (Å²) in [4.78, 5) is 24.8. The zero-order chi connectivity index (χ0) is 12.0. The van der Waals surface area contributed by atoms with E-state index in [-0.39, 0.29) is 17.8 Å². The van der Waals surface area contributed by atoms with Crippen molar-refractivity contribution in [3.8, 4) is 0 Å². The minimum Gasteiger partial charge on any atom is -0.466 e. The van der Waals surface area contributed by atoms with Crippen molar-refractivity contribution >= 4 is 24.5 Å². The highest BCUT2D eigenvalue weighted by atomic mass is 32.1. The Morgan fingerprint density at radius 3 is 2.50 bits per heavy atom. The van der Waals surface area contributed by atoms with E-state index in [4.69, 9.17) is 4.74 Å². The third kappa shape index (κ3) is 3.70. The summed E-state index contributed by atoms with van der Waals surface area (Å²) in [6.07, 6.45) is 1.92. The Morgan fingerprint density at radius 2 is 2.00 bits per heavy atom. The number of nitrogens with zero attached hydrogens (tertiary/aromatic N) is 1. The topological polar surface area (TPSA) is 46.6 Å². The molecule has 1 aliphatic heterocycles. The molecule has 1 amide bonds. The monoisotopic (exact) mass is 245 g/mol. The lowest BCUT2D eigenvalue weighted by Gasteiger charge is -2.30. The van der Waals surface area contributed by atoms with Crippen molar-refractivity contribution in [2.24, 2.45) is 5.92 Å². The molecule has 4 nitrogen and oxygen atoms in total. The van der Waals surface area contributed by atoms with Crippen molar-refractivity contribution in [3.63, 3.8) is 0 Å². The molecule has 0 bridgehead atoms. The lowest BCUT2D eigenvalue weighted by Crippen LogP contribution is -2.40. The molecule has 16 heavy (non-hydrogen) atoms. The van der Waals surface area contributed by atoms with E-state index < -0.39 is 0 Å². The van der Waals surface area contributed by atoms with Gasteiger partial charge in [0, 0.05) is 19.5 Å². The standard InChI is InChI=1S/C11H19NO3S/c1-2-15-11(14)9-3-6-12(7-4-9)10(13)5-8-16/h9,16H,2-8H2,1H3. The molecule has 1 aliphatic rings. The highest BCUT2D eigenvalue weighted by Crippen LogP contribution is 2.19. The third-order valence-electron chi connectivity index (χ3n) is 2.79. The van der Waals surface area contributed by atoms with Gasteiger partial charge in [-0.3, -0.25) is 9.59 Å². The maximum Gasteiger partial charge on any atom is 0.309 e. The van der Waals surface area contributed by atoms with Gasteiger partial charge in [0.1, 0.15) is 0 Å². The minimum atomic E-state index is -0.121. The molecule has 0 spiro atoms. The Labute approximate surface area is 102 Å². The van der Waals surface area contributed by atoms with Crippen LogP contribution in [-0.4, -0.2) is 42.2 Å². The van der Waals surface area contributed by atoms with Gasteiger partial charge in [-0.25, -0.2) is 0 Å². The molecule has 0 aromatic heterocycles. The van der Waals surface area contributed by atoms with Gasteiger partial charge in [-0.05, 0) is 25.5 Å². The summed E-state index contributed by atoms with van der Waals surface area (Å²) in [7, 11) is 0. The zero-order valence-corrected chi connectivity index (χ0v) is 10.5. The fourth-order valence-corrected chi connectivity index (χ4v) is 2.07. The van der Waals surface area contributed by atoms with Gasteiger partial charge >= 0.3 is 5.97 Å². The number of hydrogen-bond acceptors (Lipinski definition) is 4. The lowest BCUT2D eigenvalue weighted by atomic mass is 9.97. The smallest absolute Gasteiger partial charge is 0.309 e. The number of hydrogen-bond donors (Lipinski definition) is 1. The van der Waals surface area contributed by atoms with Crippen LogP contribution in [0, 0.1) is 5.92 Å². The van der Waals surface area contributed by atoms with Gasteiger partial charge < -0.3 is 9.64 Å². The van der Waals surface area contributed by atoms with Crippen LogP contribution in [0.4, 0.5) is 0 Å². The normalized spacial score (nSPS) is 17.2. The molecule has 5 heteroatoms. The van der Waals surface area contributed by atoms with Gasteiger partial charge in [-0.15, -0.1) is 0 Å². The number of carbonyl (C=O) groups excluding carboxylic acids is 2. The fourth-order valence-electron chi connectivity index (χ4n) is 1.88. The van der Waals surface area contributed by atoms with Gasteiger partial charge in [0.05, 0.1) is 12.5 Å². The van der Waals surface area contributed by atoms with E-state index in [1.807, 2.05) is 11.8 Å². The summed E-state index contributed by atoms with van der Waals surface area (Å²) in [6, 6.07) is 0. The maximum absolute atomic E-state index is 11.6. The predicted molar refractivity (Wildman–Crippen MR) is 64.4 cm³/mol. The first-order chi connectivity index (χ1) is 7.69. The van der Waals surface area contributed by atoms with Gasteiger partial charge in [-0.2, -0.15) is 12.6 Å². The molecule has 0 N–H and O–H groups in total. The number of carbonyl (C=O) groups is 2. The lowest BCUT2D eigenvalue weighted by molar-refractivity contribution is -0.151.